The van der Waals surface area contributed by atoms with Crippen LogP contribution >= 0.6 is 22.9 Å². The van der Waals surface area contributed by atoms with Gasteiger partial charge in [-0.2, -0.15) is 0 Å². The number of hydrogen-bond acceptors (Lipinski definition) is 3. The van der Waals surface area contributed by atoms with E-state index in [9.17, 15) is 0 Å². The summed E-state index contributed by atoms with van der Waals surface area (Å²) in [5.74, 6) is 0.910. The molecule has 102 valence electrons. The van der Waals surface area contributed by atoms with Crippen LogP contribution in [0.25, 0.3) is 0 Å². The Kier molecular flexibility index (Phi) is 5.49. The van der Waals surface area contributed by atoms with Crippen molar-refractivity contribution in [3.63, 3.8) is 0 Å². The smallest absolute Gasteiger partial charge is 0.0931 e. The second-order valence-electron chi connectivity index (χ2n) is 5.35. The van der Waals surface area contributed by atoms with Crippen LogP contribution in [0.15, 0.2) is 12.1 Å². The standard InChI is InChI=1S/C14H23ClN2S/c1-11(13-3-4-14(15)18-13)16-8-5-12-6-9-17(2)10-7-12/h3-4,11-12,16H,5-10H2,1-2H3. The molecule has 0 radical (unpaired) electrons. The van der Waals surface area contributed by atoms with Gasteiger partial charge in [0.1, 0.15) is 0 Å². The molecule has 1 atom stereocenters. The molecule has 1 aliphatic rings. The molecule has 1 N–H and O–H groups in total. The van der Waals surface area contributed by atoms with E-state index in [1.165, 1.54) is 37.2 Å². The molecule has 2 nitrogen and oxygen atoms in total. The summed E-state index contributed by atoms with van der Waals surface area (Å²) >= 11 is 7.64. The van der Waals surface area contributed by atoms with E-state index in [2.05, 4.69) is 30.3 Å². The fourth-order valence-corrected chi connectivity index (χ4v) is 3.60. The average molecular weight is 287 g/mol. The van der Waals surface area contributed by atoms with Crippen LogP contribution in [0.2, 0.25) is 4.34 Å². The molecular formula is C14H23ClN2S. The van der Waals surface area contributed by atoms with E-state index < -0.39 is 0 Å². The van der Waals surface area contributed by atoms with E-state index >= 15 is 0 Å². The fraction of sp³-hybridized carbons (Fsp3) is 0.714. The minimum Gasteiger partial charge on any atom is -0.309 e. The van der Waals surface area contributed by atoms with Gasteiger partial charge in [0.15, 0.2) is 0 Å². The minimum atomic E-state index is 0.425. The summed E-state index contributed by atoms with van der Waals surface area (Å²) in [5.41, 5.74) is 0. The van der Waals surface area contributed by atoms with E-state index in [-0.39, 0.29) is 0 Å². The number of rotatable bonds is 5. The van der Waals surface area contributed by atoms with Crippen molar-refractivity contribution in [2.24, 2.45) is 5.92 Å². The SMILES string of the molecule is CC(NCCC1CCN(C)CC1)c1ccc(Cl)s1. The molecule has 0 aliphatic carbocycles. The van der Waals surface area contributed by atoms with Crippen molar-refractivity contribution in [1.82, 2.24) is 10.2 Å². The molecule has 18 heavy (non-hydrogen) atoms. The Hall–Kier alpha value is -0.0900. The van der Waals surface area contributed by atoms with Gasteiger partial charge in [-0.3, -0.25) is 0 Å². The maximum Gasteiger partial charge on any atom is 0.0931 e. The van der Waals surface area contributed by atoms with Crippen molar-refractivity contribution in [2.45, 2.75) is 32.2 Å². The van der Waals surface area contributed by atoms with Crippen LogP contribution in [0.5, 0.6) is 0 Å². The zero-order valence-corrected chi connectivity index (χ0v) is 12.9. The molecule has 0 aromatic carbocycles. The van der Waals surface area contributed by atoms with E-state index in [4.69, 9.17) is 11.6 Å². The highest BCUT2D eigenvalue weighted by Crippen LogP contribution is 2.27. The van der Waals surface area contributed by atoms with Crippen LogP contribution in [0.1, 0.15) is 37.1 Å². The lowest BCUT2D eigenvalue weighted by Gasteiger charge is -2.29. The van der Waals surface area contributed by atoms with Gasteiger partial charge in [-0.25, -0.2) is 0 Å². The first kappa shape index (κ1) is 14.3. The van der Waals surface area contributed by atoms with Gasteiger partial charge in [-0.1, -0.05) is 11.6 Å². The lowest BCUT2D eigenvalue weighted by molar-refractivity contribution is 0.211. The first-order valence-electron chi connectivity index (χ1n) is 6.82. The highest BCUT2D eigenvalue weighted by Gasteiger charge is 2.16. The number of piperidine rings is 1. The van der Waals surface area contributed by atoms with Crippen molar-refractivity contribution < 1.29 is 0 Å². The summed E-state index contributed by atoms with van der Waals surface area (Å²) in [5, 5.41) is 3.61. The monoisotopic (exact) mass is 286 g/mol. The van der Waals surface area contributed by atoms with Crippen LogP contribution in [0, 0.1) is 5.92 Å². The highest BCUT2D eigenvalue weighted by molar-refractivity contribution is 7.16. The van der Waals surface area contributed by atoms with E-state index in [0.29, 0.717) is 6.04 Å². The van der Waals surface area contributed by atoms with Crippen molar-refractivity contribution in [1.29, 1.82) is 0 Å². The van der Waals surface area contributed by atoms with Crippen LogP contribution < -0.4 is 5.32 Å². The Morgan fingerprint density at radius 2 is 2.17 bits per heavy atom. The summed E-state index contributed by atoms with van der Waals surface area (Å²) in [7, 11) is 2.22. The molecule has 1 fully saturated rings. The number of thiophene rings is 1. The molecule has 1 aromatic rings. The van der Waals surface area contributed by atoms with Crippen LogP contribution in [-0.2, 0) is 0 Å². The first-order valence-corrected chi connectivity index (χ1v) is 8.02. The summed E-state index contributed by atoms with van der Waals surface area (Å²) in [6, 6.07) is 4.53. The lowest BCUT2D eigenvalue weighted by Crippen LogP contribution is -2.31. The Morgan fingerprint density at radius 1 is 1.44 bits per heavy atom. The number of likely N-dealkylation sites (tertiary alicyclic amines) is 1. The molecule has 1 unspecified atom stereocenters. The Labute approximate surface area is 119 Å². The predicted octanol–water partition coefficient (Wildman–Crippen LogP) is 3.78. The maximum absolute atomic E-state index is 5.96. The Morgan fingerprint density at radius 3 is 2.78 bits per heavy atom. The largest absolute Gasteiger partial charge is 0.309 e. The minimum absolute atomic E-state index is 0.425. The maximum atomic E-state index is 5.96. The summed E-state index contributed by atoms with van der Waals surface area (Å²) in [4.78, 5) is 3.77. The van der Waals surface area contributed by atoms with E-state index in [0.717, 1.165) is 16.8 Å². The zero-order chi connectivity index (χ0) is 13.0. The van der Waals surface area contributed by atoms with Gasteiger partial charge in [0.2, 0.25) is 0 Å². The molecule has 0 bridgehead atoms. The average Bonchev–Trinajstić information content (AvgIpc) is 2.78. The molecule has 0 amide bonds. The molecule has 4 heteroatoms. The van der Waals surface area contributed by atoms with Crippen LogP contribution in [-0.4, -0.2) is 31.6 Å². The summed E-state index contributed by atoms with van der Waals surface area (Å²) < 4.78 is 0.883. The fourth-order valence-electron chi connectivity index (χ4n) is 2.52. The van der Waals surface area contributed by atoms with E-state index in [1.807, 2.05) is 6.07 Å². The Bertz CT molecular complexity index is 358. The third-order valence-corrected chi connectivity index (χ3v) is 5.28. The molecule has 2 heterocycles. The van der Waals surface area contributed by atoms with Crippen molar-refractivity contribution in [3.05, 3.63) is 21.3 Å². The van der Waals surface area contributed by atoms with Gasteiger partial charge in [0.05, 0.1) is 4.34 Å². The molecule has 0 spiro atoms. The molecule has 1 aromatic heterocycles. The van der Waals surface area contributed by atoms with Crippen molar-refractivity contribution in [2.75, 3.05) is 26.7 Å². The zero-order valence-electron chi connectivity index (χ0n) is 11.3. The van der Waals surface area contributed by atoms with Crippen LogP contribution in [0.3, 0.4) is 0 Å². The molecule has 0 saturated carbocycles. The summed E-state index contributed by atoms with van der Waals surface area (Å²) in [6.45, 7) is 5.86. The van der Waals surface area contributed by atoms with Gasteiger partial charge >= 0.3 is 0 Å². The normalized spacial score (nSPS) is 20.2. The molecule has 1 aliphatic heterocycles. The number of halogens is 1. The topological polar surface area (TPSA) is 15.3 Å². The van der Waals surface area contributed by atoms with Gasteiger partial charge in [-0.15, -0.1) is 11.3 Å². The van der Waals surface area contributed by atoms with Crippen LogP contribution in [0.4, 0.5) is 0 Å². The summed E-state index contributed by atoms with van der Waals surface area (Å²) in [6.07, 6.45) is 4.02. The molecule has 2 rings (SSSR count). The lowest BCUT2D eigenvalue weighted by atomic mass is 9.94. The predicted molar refractivity (Wildman–Crippen MR) is 80.6 cm³/mol. The molecular weight excluding hydrogens is 264 g/mol. The van der Waals surface area contributed by atoms with Crippen molar-refractivity contribution >= 4 is 22.9 Å². The quantitative estimate of drug-likeness (QED) is 0.886. The van der Waals surface area contributed by atoms with Gasteiger partial charge in [0, 0.05) is 10.9 Å². The Balaban J connectivity index is 1.66. The number of nitrogens with zero attached hydrogens (tertiary/aromatic N) is 1. The number of hydrogen-bond donors (Lipinski definition) is 1. The van der Waals surface area contributed by atoms with E-state index in [1.54, 1.807) is 11.3 Å². The third kappa shape index (κ3) is 4.23. The third-order valence-electron chi connectivity index (χ3n) is 3.86. The first-order chi connectivity index (χ1) is 8.65. The van der Waals surface area contributed by atoms with Gasteiger partial charge in [-0.05, 0) is 70.9 Å². The van der Waals surface area contributed by atoms with Crippen molar-refractivity contribution in [3.8, 4) is 0 Å². The number of nitrogens with one attached hydrogen (secondary N) is 1. The van der Waals surface area contributed by atoms with Gasteiger partial charge < -0.3 is 10.2 Å². The highest BCUT2D eigenvalue weighted by atomic mass is 35.5. The van der Waals surface area contributed by atoms with Gasteiger partial charge in [0.25, 0.3) is 0 Å². The molecule has 1 saturated heterocycles. The second-order valence-corrected chi connectivity index (χ2v) is 7.10. The second kappa shape index (κ2) is 6.90.